The summed E-state index contributed by atoms with van der Waals surface area (Å²) in [5.74, 6) is 3.19. The smallest absolute Gasteiger partial charge is 0.0641 e. The highest BCUT2D eigenvalue weighted by atomic mass is 32.2. The monoisotopic (exact) mass is 191 g/mol. The molecule has 68 valence electrons. The maximum atomic E-state index is 2.53. The highest BCUT2D eigenvalue weighted by Crippen LogP contribution is 2.35. The molecule has 3 aliphatic rings. The minimum atomic E-state index is 0.771. The Labute approximate surface area is 83.2 Å². The Kier molecular flexibility index (Phi) is 1.76. The second-order valence-corrected chi connectivity index (χ2v) is 4.82. The zero-order chi connectivity index (χ0) is 8.67. The Morgan fingerprint density at radius 3 is 3.46 bits per heavy atom. The molecule has 0 spiro atoms. The standard InChI is InChI=1S/C11H13NS/c1-2-4-10-6-12-8-13-7-11(12)5-9(10)3-1/h1-3,5,10H,4,6-8H2. The number of fused-ring (bicyclic) bond motifs is 2. The van der Waals surface area contributed by atoms with Crippen molar-refractivity contribution in [3.63, 3.8) is 0 Å². The Hall–Kier alpha value is -0.630. The third-order valence-corrected chi connectivity index (χ3v) is 3.99. The average Bonchev–Trinajstić information content (AvgIpc) is 2.61. The van der Waals surface area contributed by atoms with Crippen molar-refractivity contribution in [3.8, 4) is 0 Å². The van der Waals surface area contributed by atoms with Crippen molar-refractivity contribution in [1.82, 2.24) is 4.90 Å². The van der Waals surface area contributed by atoms with Crippen LogP contribution in [-0.4, -0.2) is 23.1 Å². The SMILES string of the molecule is C1=CCC2CN3CSCC3=CC2=C1. The van der Waals surface area contributed by atoms with Gasteiger partial charge in [-0.2, -0.15) is 0 Å². The second kappa shape index (κ2) is 2.95. The minimum Gasteiger partial charge on any atom is -0.364 e. The lowest BCUT2D eigenvalue weighted by Crippen LogP contribution is -2.30. The third kappa shape index (κ3) is 1.24. The zero-order valence-electron chi connectivity index (χ0n) is 7.57. The molecule has 0 bridgehead atoms. The molecule has 1 fully saturated rings. The number of thioether (sulfide) groups is 1. The molecule has 2 heterocycles. The first-order valence-corrected chi connectivity index (χ1v) is 5.99. The van der Waals surface area contributed by atoms with Crippen LogP contribution < -0.4 is 0 Å². The molecule has 0 aromatic rings. The van der Waals surface area contributed by atoms with E-state index in [1.165, 1.54) is 24.6 Å². The van der Waals surface area contributed by atoms with Crippen LogP contribution in [0, 0.1) is 5.92 Å². The summed E-state index contributed by atoms with van der Waals surface area (Å²) in [5, 5.41) is 0. The van der Waals surface area contributed by atoms with E-state index in [0.717, 1.165) is 5.92 Å². The number of hydrogen-bond donors (Lipinski definition) is 0. The fraction of sp³-hybridized carbons (Fsp3) is 0.455. The quantitative estimate of drug-likeness (QED) is 0.578. The van der Waals surface area contributed by atoms with Gasteiger partial charge >= 0.3 is 0 Å². The maximum absolute atomic E-state index is 2.53. The van der Waals surface area contributed by atoms with Crippen molar-refractivity contribution in [3.05, 3.63) is 35.6 Å². The molecule has 0 amide bonds. The van der Waals surface area contributed by atoms with Gasteiger partial charge in [-0.1, -0.05) is 18.2 Å². The molecule has 1 saturated heterocycles. The van der Waals surface area contributed by atoms with Crippen molar-refractivity contribution >= 4 is 11.8 Å². The van der Waals surface area contributed by atoms with Crippen molar-refractivity contribution in [2.45, 2.75) is 6.42 Å². The molecule has 2 aliphatic heterocycles. The third-order valence-electron chi connectivity index (χ3n) is 2.99. The molecule has 1 nitrogen and oxygen atoms in total. The van der Waals surface area contributed by atoms with Crippen LogP contribution >= 0.6 is 11.8 Å². The van der Waals surface area contributed by atoms with Crippen LogP contribution in [0.15, 0.2) is 35.6 Å². The van der Waals surface area contributed by atoms with Crippen molar-refractivity contribution in [2.24, 2.45) is 5.92 Å². The first-order chi connectivity index (χ1) is 6.43. The second-order valence-electron chi connectivity index (χ2n) is 3.86. The van der Waals surface area contributed by atoms with Gasteiger partial charge in [0.1, 0.15) is 0 Å². The summed E-state index contributed by atoms with van der Waals surface area (Å²) in [6, 6.07) is 0. The highest BCUT2D eigenvalue weighted by molar-refractivity contribution is 7.99. The van der Waals surface area contributed by atoms with Gasteiger partial charge in [0.05, 0.1) is 5.88 Å². The topological polar surface area (TPSA) is 3.24 Å². The van der Waals surface area contributed by atoms with Crippen molar-refractivity contribution in [2.75, 3.05) is 18.2 Å². The van der Waals surface area contributed by atoms with Gasteiger partial charge in [0.25, 0.3) is 0 Å². The average molecular weight is 191 g/mol. The summed E-state index contributed by atoms with van der Waals surface area (Å²) in [6.45, 7) is 1.25. The Balaban J connectivity index is 1.97. The zero-order valence-corrected chi connectivity index (χ0v) is 8.39. The lowest BCUT2D eigenvalue weighted by molar-refractivity contribution is 0.344. The van der Waals surface area contributed by atoms with Crippen molar-refractivity contribution in [1.29, 1.82) is 0 Å². The van der Waals surface area contributed by atoms with E-state index < -0.39 is 0 Å². The Bertz CT molecular complexity index is 314. The van der Waals surface area contributed by atoms with Crippen LogP contribution in [0.3, 0.4) is 0 Å². The van der Waals surface area contributed by atoms with E-state index in [2.05, 4.69) is 29.2 Å². The lowest BCUT2D eigenvalue weighted by atomic mass is 9.88. The van der Waals surface area contributed by atoms with Crippen LogP contribution in [0.1, 0.15) is 6.42 Å². The summed E-state index contributed by atoms with van der Waals surface area (Å²) in [5.41, 5.74) is 3.10. The van der Waals surface area contributed by atoms with Gasteiger partial charge < -0.3 is 4.90 Å². The van der Waals surface area contributed by atoms with Gasteiger partial charge in [0.2, 0.25) is 0 Å². The van der Waals surface area contributed by atoms with E-state index in [1.54, 1.807) is 11.3 Å². The first kappa shape index (κ1) is 7.74. The fourth-order valence-corrected chi connectivity index (χ4v) is 3.29. The van der Waals surface area contributed by atoms with Gasteiger partial charge in [0.15, 0.2) is 0 Å². The molecule has 0 aromatic heterocycles. The molecule has 1 atom stereocenters. The first-order valence-electron chi connectivity index (χ1n) is 4.83. The van der Waals surface area contributed by atoms with E-state index in [0.29, 0.717) is 0 Å². The molecule has 2 heteroatoms. The molecule has 1 unspecified atom stereocenters. The number of allylic oxidation sites excluding steroid dienone is 4. The van der Waals surface area contributed by atoms with Crippen LogP contribution in [0.4, 0.5) is 0 Å². The van der Waals surface area contributed by atoms with E-state index in [9.17, 15) is 0 Å². The largest absolute Gasteiger partial charge is 0.364 e. The molecule has 0 aromatic carbocycles. The summed E-state index contributed by atoms with van der Waals surface area (Å²) < 4.78 is 0. The van der Waals surface area contributed by atoms with E-state index in [-0.39, 0.29) is 0 Å². The van der Waals surface area contributed by atoms with Crippen LogP contribution in [-0.2, 0) is 0 Å². The lowest BCUT2D eigenvalue weighted by Gasteiger charge is -2.32. The van der Waals surface area contributed by atoms with E-state index >= 15 is 0 Å². The molecule has 3 rings (SSSR count). The van der Waals surface area contributed by atoms with Gasteiger partial charge in [-0.25, -0.2) is 0 Å². The summed E-state index contributed by atoms with van der Waals surface area (Å²) in [7, 11) is 0. The minimum absolute atomic E-state index is 0.771. The number of hydrogen-bond acceptors (Lipinski definition) is 2. The molecule has 0 N–H and O–H groups in total. The van der Waals surface area contributed by atoms with Gasteiger partial charge in [-0.3, -0.25) is 0 Å². The molecule has 1 aliphatic carbocycles. The summed E-state index contributed by atoms with van der Waals surface area (Å²) in [6.07, 6.45) is 10.4. The molecule has 13 heavy (non-hydrogen) atoms. The molecular formula is C11H13NS. The Morgan fingerprint density at radius 1 is 1.46 bits per heavy atom. The predicted molar refractivity (Wildman–Crippen MR) is 57.4 cm³/mol. The van der Waals surface area contributed by atoms with Crippen LogP contribution in [0.2, 0.25) is 0 Å². The van der Waals surface area contributed by atoms with Crippen molar-refractivity contribution < 1.29 is 0 Å². The summed E-state index contributed by atoms with van der Waals surface area (Å²) in [4.78, 5) is 2.53. The summed E-state index contributed by atoms with van der Waals surface area (Å²) >= 11 is 2.03. The van der Waals surface area contributed by atoms with Gasteiger partial charge in [-0.05, 0) is 18.1 Å². The van der Waals surface area contributed by atoms with Gasteiger partial charge in [-0.15, -0.1) is 11.8 Å². The van der Waals surface area contributed by atoms with Crippen LogP contribution in [0.5, 0.6) is 0 Å². The fourth-order valence-electron chi connectivity index (χ4n) is 2.24. The highest BCUT2D eigenvalue weighted by Gasteiger charge is 2.27. The van der Waals surface area contributed by atoms with Gasteiger partial charge in [0, 0.05) is 23.9 Å². The van der Waals surface area contributed by atoms with Crippen LogP contribution in [0.25, 0.3) is 0 Å². The molecule has 0 saturated carbocycles. The molecule has 0 radical (unpaired) electrons. The maximum Gasteiger partial charge on any atom is 0.0641 e. The number of rotatable bonds is 0. The Morgan fingerprint density at radius 2 is 2.46 bits per heavy atom. The van der Waals surface area contributed by atoms with E-state index in [4.69, 9.17) is 0 Å². The number of nitrogens with zero attached hydrogens (tertiary/aromatic N) is 1. The molecular weight excluding hydrogens is 178 g/mol. The van der Waals surface area contributed by atoms with E-state index in [1.807, 2.05) is 11.8 Å². The predicted octanol–water partition coefficient (Wildman–Crippen LogP) is 2.39. The normalized spacial score (nSPS) is 30.8.